The molecular formula is C24H26NO2S+. The van der Waals surface area contributed by atoms with E-state index in [2.05, 4.69) is 56.7 Å². The quantitative estimate of drug-likeness (QED) is 0.427. The monoisotopic (exact) mass is 392 g/mol. The predicted molar refractivity (Wildman–Crippen MR) is 114 cm³/mol. The smallest absolute Gasteiger partial charge is 0.231 e. The molecule has 2 aromatic carbocycles. The minimum absolute atomic E-state index is 0.0823. The lowest BCUT2D eigenvalue weighted by Gasteiger charge is -2.33. The molecule has 3 aliphatic heterocycles. The zero-order valence-corrected chi connectivity index (χ0v) is 17.8. The summed E-state index contributed by atoms with van der Waals surface area (Å²) in [7, 11) is 0. The van der Waals surface area contributed by atoms with Crippen LogP contribution in [0.2, 0.25) is 0 Å². The number of nitrogens with zero attached hydrogens (tertiary/aromatic N) is 1. The van der Waals surface area contributed by atoms with Crippen molar-refractivity contribution in [3.8, 4) is 11.5 Å². The van der Waals surface area contributed by atoms with Crippen LogP contribution in [0.3, 0.4) is 0 Å². The van der Waals surface area contributed by atoms with Crippen molar-refractivity contribution in [1.82, 2.24) is 0 Å². The zero-order chi connectivity index (χ0) is 19.3. The Hall–Kier alpha value is -1.94. The van der Waals surface area contributed by atoms with Crippen molar-refractivity contribution in [3.63, 3.8) is 0 Å². The Morgan fingerprint density at radius 3 is 2.75 bits per heavy atom. The average Bonchev–Trinajstić information content (AvgIpc) is 3.29. The zero-order valence-electron chi connectivity index (χ0n) is 17.0. The average molecular weight is 393 g/mol. The highest BCUT2D eigenvalue weighted by Crippen LogP contribution is 2.51. The SMILES string of the molecule is CCC1(CC)Cc2c3c(cc4ccc5c6c(c[n+]1c5c24)C(C)(C)CS6)OCO3. The molecule has 0 bridgehead atoms. The van der Waals surface area contributed by atoms with Gasteiger partial charge in [0.1, 0.15) is 0 Å². The van der Waals surface area contributed by atoms with Gasteiger partial charge in [0.25, 0.3) is 0 Å². The van der Waals surface area contributed by atoms with Gasteiger partial charge < -0.3 is 9.47 Å². The maximum Gasteiger partial charge on any atom is 0.231 e. The van der Waals surface area contributed by atoms with Gasteiger partial charge in [-0.25, -0.2) is 0 Å². The Morgan fingerprint density at radius 1 is 1.14 bits per heavy atom. The molecule has 0 radical (unpaired) electrons. The first-order valence-corrected chi connectivity index (χ1v) is 11.4. The van der Waals surface area contributed by atoms with Crippen molar-refractivity contribution in [1.29, 1.82) is 0 Å². The van der Waals surface area contributed by atoms with Gasteiger partial charge in [0.15, 0.2) is 23.2 Å². The van der Waals surface area contributed by atoms with E-state index in [1.165, 1.54) is 37.7 Å². The third-order valence-electron chi connectivity index (χ3n) is 7.34. The third kappa shape index (κ3) is 1.90. The van der Waals surface area contributed by atoms with Gasteiger partial charge in [-0.15, -0.1) is 11.8 Å². The lowest BCUT2D eigenvalue weighted by molar-refractivity contribution is -0.744. The number of thioether (sulfide) groups is 1. The highest BCUT2D eigenvalue weighted by molar-refractivity contribution is 8.00. The van der Waals surface area contributed by atoms with E-state index in [1.807, 2.05) is 11.8 Å². The standard InChI is InChI=1S/C24H26NO2S/c1-5-24(6-2)10-16-19-14(9-18-21(16)27-13-26-18)7-8-15-20(19)25(24)11-17-22(15)28-12-23(17,3)4/h7-9,11H,5-6,10,12-13H2,1-4H3/q+1. The van der Waals surface area contributed by atoms with Crippen LogP contribution in [-0.2, 0) is 17.4 Å². The van der Waals surface area contributed by atoms with Crippen LogP contribution in [0.1, 0.15) is 51.7 Å². The molecule has 0 saturated heterocycles. The third-order valence-corrected chi connectivity index (χ3v) is 8.94. The number of pyridine rings is 1. The summed E-state index contributed by atoms with van der Waals surface area (Å²) in [6.45, 7) is 9.78. The van der Waals surface area contributed by atoms with Gasteiger partial charge in [0.2, 0.25) is 12.3 Å². The van der Waals surface area contributed by atoms with Gasteiger partial charge in [-0.2, -0.15) is 4.57 Å². The van der Waals surface area contributed by atoms with Gasteiger partial charge >= 0.3 is 0 Å². The molecule has 3 aliphatic rings. The first-order chi connectivity index (χ1) is 13.5. The molecule has 3 nitrogen and oxygen atoms in total. The number of hydrogen-bond donors (Lipinski definition) is 0. The van der Waals surface area contributed by atoms with E-state index in [0.29, 0.717) is 6.79 Å². The van der Waals surface area contributed by atoms with Crippen LogP contribution < -0.4 is 14.0 Å². The lowest BCUT2D eigenvalue weighted by Crippen LogP contribution is -2.59. The lowest BCUT2D eigenvalue weighted by atomic mass is 9.78. The second-order valence-electron chi connectivity index (χ2n) is 9.17. The fourth-order valence-electron chi connectivity index (χ4n) is 5.53. The van der Waals surface area contributed by atoms with Crippen LogP contribution in [0.15, 0.2) is 29.3 Å². The second-order valence-corrected chi connectivity index (χ2v) is 10.2. The van der Waals surface area contributed by atoms with E-state index in [-0.39, 0.29) is 11.0 Å². The molecule has 4 heterocycles. The molecular weight excluding hydrogens is 366 g/mol. The van der Waals surface area contributed by atoms with Gasteiger partial charge in [-0.1, -0.05) is 33.8 Å². The Kier molecular flexibility index (Phi) is 3.24. The van der Waals surface area contributed by atoms with E-state index in [9.17, 15) is 0 Å². The maximum atomic E-state index is 5.98. The van der Waals surface area contributed by atoms with Crippen molar-refractivity contribution < 1.29 is 14.0 Å². The highest BCUT2D eigenvalue weighted by Gasteiger charge is 2.47. The summed E-state index contributed by atoms with van der Waals surface area (Å²) < 4.78 is 14.4. The van der Waals surface area contributed by atoms with Crippen molar-refractivity contribution in [2.75, 3.05) is 12.5 Å². The summed E-state index contributed by atoms with van der Waals surface area (Å²) in [4.78, 5) is 1.48. The molecule has 4 heteroatoms. The van der Waals surface area contributed by atoms with Gasteiger partial charge in [-0.3, -0.25) is 0 Å². The molecule has 0 unspecified atom stereocenters. The number of fused-ring (bicyclic) bond motifs is 4. The fraction of sp³-hybridized carbons (Fsp3) is 0.458. The molecule has 6 rings (SSSR count). The van der Waals surface area contributed by atoms with E-state index in [4.69, 9.17) is 9.47 Å². The predicted octanol–water partition coefficient (Wildman–Crippen LogP) is 5.46. The Labute approximate surface area is 170 Å². The van der Waals surface area contributed by atoms with E-state index in [1.54, 1.807) is 0 Å². The summed E-state index contributed by atoms with van der Waals surface area (Å²) >= 11 is 2.02. The Bertz CT molecular complexity index is 1180. The van der Waals surface area contributed by atoms with Crippen LogP contribution in [0.5, 0.6) is 11.5 Å². The topological polar surface area (TPSA) is 22.3 Å². The summed E-state index contributed by atoms with van der Waals surface area (Å²) in [6.07, 6.45) is 5.72. The molecule has 0 aliphatic carbocycles. The highest BCUT2D eigenvalue weighted by atomic mass is 32.2. The minimum atomic E-state index is 0.0823. The summed E-state index contributed by atoms with van der Waals surface area (Å²) in [5, 5.41) is 4.04. The Balaban J connectivity index is 1.85. The molecule has 3 aromatic rings. The van der Waals surface area contributed by atoms with Gasteiger partial charge in [-0.05, 0) is 17.5 Å². The molecule has 28 heavy (non-hydrogen) atoms. The van der Waals surface area contributed by atoms with Gasteiger partial charge in [0.05, 0.1) is 10.8 Å². The normalized spacial score (nSPS) is 20.3. The first kappa shape index (κ1) is 17.0. The van der Waals surface area contributed by atoms with Crippen LogP contribution in [0.25, 0.3) is 21.7 Å². The summed E-state index contributed by atoms with van der Waals surface area (Å²) in [5.74, 6) is 3.04. The van der Waals surface area contributed by atoms with E-state index < -0.39 is 0 Å². The van der Waals surface area contributed by atoms with E-state index in [0.717, 1.165) is 36.5 Å². The van der Waals surface area contributed by atoms with Crippen molar-refractivity contribution in [2.24, 2.45) is 0 Å². The van der Waals surface area contributed by atoms with Crippen molar-refractivity contribution in [2.45, 2.75) is 62.8 Å². The molecule has 0 atom stereocenters. The van der Waals surface area contributed by atoms with Crippen LogP contribution >= 0.6 is 11.8 Å². The van der Waals surface area contributed by atoms with Crippen LogP contribution in [-0.4, -0.2) is 12.5 Å². The number of aromatic nitrogens is 1. The number of benzene rings is 2. The first-order valence-electron chi connectivity index (χ1n) is 10.4. The van der Waals surface area contributed by atoms with Crippen LogP contribution in [0.4, 0.5) is 0 Å². The van der Waals surface area contributed by atoms with Gasteiger partial charge in [0, 0.05) is 46.5 Å². The second kappa shape index (κ2) is 5.35. The Morgan fingerprint density at radius 2 is 1.96 bits per heavy atom. The van der Waals surface area contributed by atoms with Crippen molar-refractivity contribution >= 4 is 33.4 Å². The molecule has 144 valence electrons. The number of hydrogen-bond acceptors (Lipinski definition) is 3. The number of rotatable bonds is 2. The molecule has 0 fully saturated rings. The maximum absolute atomic E-state index is 5.98. The largest absolute Gasteiger partial charge is 0.454 e. The summed E-state index contributed by atoms with van der Waals surface area (Å²) in [6, 6.07) is 6.79. The fourth-order valence-corrected chi connectivity index (χ4v) is 6.99. The molecule has 0 spiro atoms. The molecule has 0 saturated carbocycles. The molecule has 1 aromatic heterocycles. The number of ether oxygens (including phenoxy) is 2. The van der Waals surface area contributed by atoms with Crippen LogP contribution in [0, 0.1) is 0 Å². The molecule has 0 N–H and O–H groups in total. The summed E-state index contributed by atoms with van der Waals surface area (Å²) in [5.41, 5.74) is 4.56. The molecule has 0 amide bonds. The minimum Gasteiger partial charge on any atom is -0.454 e. The van der Waals surface area contributed by atoms with E-state index >= 15 is 0 Å². The van der Waals surface area contributed by atoms with Crippen molar-refractivity contribution in [3.05, 3.63) is 35.5 Å².